The van der Waals surface area contributed by atoms with E-state index in [2.05, 4.69) is 10.3 Å². The molecule has 0 aliphatic rings. The minimum Gasteiger partial charge on any atom is -0.394 e. The predicted octanol–water partition coefficient (Wildman–Crippen LogP) is 1.38. The Kier molecular flexibility index (Phi) is 4.68. The molecule has 1 aromatic carbocycles. The van der Waals surface area contributed by atoms with Gasteiger partial charge in [-0.25, -0.2) is 4.98 Å². The number of aliphatic hydroxyl groups is 1. The average molecular weight is 271 g/mol. The zero-order valence-corrected chi connectivity index (χ0v) is 11.2. The normalized spacial score (nSPS) is 12.5. The maximum Gasteiger partial charge on any atom is 0.244 e. The molecule has 1 amide bonds. The smallest absolute Gasteiger partial charge is 0.244 e. The van der Waals surface area contributed by atoms with Gasteiger partial charge in [0.25, 0.3) is 0 Å². The van der Waals surface area contributed by atoms with Gasteiger partial charge in [-0.3, -0.25) is 4.79 Å². The van der Waals surface area contributed by atoms with Crippen LogP contribution in [0.1, 0.15) is 12.5 Å². The molecule has 0 bridgehead atoms. The van der Waals surface area contributed by atoms with Crippen molar-refractivity contribution in [1.82, 2.24) is 14.9 Å². The van der Waals surface area contributed by atoms with Crippen LogP contribution in [0.2, 0.25) is 0 Å². The minimum atomic E-state index is -0.240. The van der Waals surface area contributed by atoms with Gasteiger partial charge in [0.15, 0.2) is 0 Å². The summed E-state index contributed by atoms with van der Waals surface area (Å²) >= 11 is 0. The van der Waals surface area contributed by atoms with Crippen LogP contribution in [0.5, 0.6) is 0 Å². The summed E-state index contributed by atoms with van der Waals surface area (Å²) in [5, 5.41) is 11.5. The minimum absolute atomic E-state index is 0.0703. The van der Waals surface area contributed by atoms with Crippen LogP contribution in [0.15, 0.2) is 49.1 Å². The first kappa shape index (κ1) is 14.0. The number of hydrogen-bond acceptors (Lipinski definition) is 3. The number of aliphatic hydroxyl groups excluding tert-OH is 1. The molecule has 0 aliphatic carbocycles. The molecule has 0 radical (unpaired) electrons. The summed E-state index contributed by atoms with van der Waals surface area (Å²) in [5.41, 5.74) is 1.94. The molecule has 0 spiro atoms. The Balaban J connectivity index is 1.98. The highest BCUT2D eigenvalue weighted by molar-refractivity contribution is 5.91. The van der Waals surface area contributed by atoms with E-state index in [0.29, 0.717) is 0 Å². The molecule has 2 rings (SSSR count). The molecule has 1 aromatic heterocycles. The molecule has 5 heteroatoms. The summed E-state index contributed by atoms with van der Waals surface area (Å²) in [7, 11) is 0. The molecule has 20 heavy (non-hydrogen) atoms. The lowest BCUT2D eigenvalue weighted by atomic mass is 10.2. The molecule has 0 saturated heterocycles. The van der Waals surface area contributed by atoms with E-state index < -0.39 is 0 Å². The van der Waals surface area contributed by atoms with Crippen molar-refractivity contribution in [2.24, 2.45) is 0 Å². The van der Waals surface area contributed by atoms with Crippen molar-refractivity contribution in [1.29, 1.82) is 0 Å². The molecule has 2 N–H and O–H groups in total. The SMILES string of the molecule is CC(CO)NC(=O)/C=C/c1ccc(-n2ccnc2)cc1. The van der Waals surface area contributed by atoms with Crippen molar-refractivity contribution in [3.05, 3.63) is 54.6 Å². The van der Waals surface area contributed by atoms with Gasteiger partial charge in [-0.1, -0.05) is 12.1 Å². The van der Waals surface area contributed by atoms with Gasteiger partial charge in [0.1, 0.15) is 0 Å². The Bertz CT molecular complexity index is 574. The van der Waals surface area contributed by atoms with Crippen LogP contribution in [0.25, 0.3) is 11.8 Å². The van der Waals surface area contributed by atoms with Gasteiger partial charge in [0, 0.05) is 30.2 Å². The Morgan fingerprint density at radius 3 is 2.80 bits per heavy atom. The van der Waals surface area contributed by atoms with Crippen molar-refractivity contribution in [3.63, 3.8) is 0 Å². The molecule has 0 aliphatic heterocycles. The number of carbonyl (C=O) groups is 1. The number of benzene rings is 1. The van der Waals surface area contributed by atoms with Crippen LogP contribution >= 0.6 is 0 Å². The van der Waals surface area contributed by atoms with E-state index in [0.717, 1.165) is 11.3 Å². The third-order valence-electron chi connectivity index (χ3n) is 2.79. The number of hydrogen-bond donors (Lipinski definition) is 2. The summed E-state index contributed by atoms with van der Waals surface area (Å²) in [6, 6.07) is 7.52. The fourth-order valence-corrected chi connectivity index (χ4v) is 1.68. The third-order valence-corrected chi connectivity index (χ3v) is 2.79. The molecule has 2 aromatic rings. The molecule has 1 heterocycles. The number of nitrogens with zero attached hydrogens (tertiary/aromatic N) is 2. The van der Waals surface area contributed by atoms with E-state index >= 15 is 0 Å². The van der Waals surface area contributed by atoms with Gasteiger partial charge in [0.05, 0.1) is 12.9 Å². The van der Waals surface area contributed by atoms with Crippen molar-refractivity contribution in [3.8, 4) is 5.69 Å². The second-order valence-corrected chi connectivity index (χ2v) is 4.49. The maximum atomic E-state index is 11.5. The summed E-state index contributed by atoms with van der Waals surface area (Å²) in [4.78, 5) is 15.5. The van der Waals surface area contributed by atoms with Crippen LogP contribution < -0.4 is 5.32 Å². The van der Waals surface area contributed by atoms with Gasteiger partial charge in [-0.05, 0) is 30.7 Å². The fraction of sp³-hybridized carbons (Fsp3) is 0.200. The number of amides is 1. The first-order valence-corrected chi connectivity index (χ1v) is 6.37. The highest BCUT2D eigenvalue weighted by Gasteiger charge is 2.01. The Morgan fingerprint density at radius 1 is 1.45 bits per heavy atom. The summed E-state index contributed by atoms with van der Waals surface area (Å²) in [6.45, 7) is 1.67. The highest BCUT2D eigenvalue weighted by atomic mass is 16.3. The Morgan fingerprint density at radius 2 is 2.20 bits per heavy atom. The van der Waals surface area contributed by atoms with Crippen molar-refractivity contribution < 1.29 is 9.90 Å². The van der Waals surface area contributed by atoms with Crippen LogP contribution in [-0.4, -0.2) is 33.2 Å². The zero-order chi connectivity index (χ0) is 14.4. The van der Waals surface area contributed by atoms with Crippen LogP contribution in [-0.2, 0) is 4.79 Å². The maximum absolute atomic E-state index is 11.5. The summed E-state index contributed by atoms with van der Waals surface area (Å²) in [5.74, 6) is -0.217. The van der Waals surface area contributed by atoms with E-state index in [9.17, 15) is 4.79 Å². The highest BCUT2D eigenvalue weighted by Crippen LogP contribution is 2.10. The standard InChI is InChI=1S/C15H17N3O2/c1-12(10-19)17-15(20)7-4-13-2-5-14(6-3-13)18-9-8-16-11-18/h2-9,11-12,19H,10H2,1H3,(H,17,20)/b7-4+. The second kappa shape index (κ2) is 6.68. The number of aromatic nitrogens is 2. The monoisotopic (exact) mass is 271 g/mol. The van der Waals surface area contributed by atoms with Crippen molar-refractivity contribution >= 4 is 12.0 Å². The van der Waals surface area contributed by atoms with E-state index in [1.807, 2.05) is 35.0 Å². The number of carbonyl (C=O) groups excluding carboxylic acids is 1. The molecule has 1 unspecified atom stereocenters. The summed E-state index contributed by atoms with van der Waals surface area (Å²) < 4.78 is 1.91. The topological polar surface area (TPSA) is 67.2 Å². The second-order valence-electron chi connectivity index (χ2n) is 4.49. The molecule has 0 fully saturated rings. The lowest BCUT2D eigenvalue weighted by Crippen LogP contribution is -2.33. The van der Waals surface area contributed by atoms with Crippen molar-refractivity contribution in [2.75, 3.05) is 6.61 Å². The van der Waals surface area contributed by atoms with Gasteiger partial charge in [-0.15, -0.1) is 0 Å². The Labute approximate surface area is 117 Å². The lowest BCUT2D eigenvalue weighted by molar-refractivity contribution is -0.117. The fourth-order valence-electron chi connectivity index (χ4n) is 1.68. The molecule has 5 nitrogen and oxygen atoms in total. The average Bonchev–Trinajstić information content (AvgIpc) is 2.99. The first-order valence-electron chi connectivity index (χ1n) is 6.37. The molecule has 1 atom stereocenters. The first-order chi connectivity index (χ1) is 9.69. The molecule has 104 valence electrons. The van der Waals surface area contributed by atoms with Crippen molar-refractivity contribution in [2.45, 2.75) is 13.0 Å². The van der Waals surface area contributed by atoms with Gasteiger partial charge in [-0.2, -0.15) is 0 Å². The van der Waals surface area contributed by atoms with E-state index in [-0.39, 0.29) is 18.6 Å². The number of imidazole rings is 1. The zero-order valence-electron chi connectivity index (χ0n) is 11.2. The number of nitrogens with one attached hydrogen (secondary N) is 1. The Hall–Kier alpha value is -2.40. The number of rotatable bonds is 5. The van der Waals surface area contributed by atoms with Gasteiger partial charge >= 0.3 is 0 Å². The van der Waals surface area contributed by atoms with Crippen LogP contribution in [0.4, 0.5) is 0 Å². The molecule has 0 saturated carbocycles. The van der Waals surface area contributed by atoms with Crippen LogP contribution in [0.3, 0.4) is 0 Å². The van der Waals surface area contributed by atoms with E-state index in [1.54, 1.807) is 25.5 Å². The largest absolute Gasteiger partial charge is 0.394 e. The molecular weight excluding hydrogens is 254 g/mol. The quantitative estimate of drug-likeness (QED) is 0.807. The van der Waals surface area contributed by atoms with E-state index in [1.165, 1.54) is 6.08 Å². The van der Waals surface area contributed by atoms with E-state index in [4.69, 9.17) is 5.11 Å². The molecular formula is C15H17N3O2. The summed E-state index contributed by atoms with van der Waals surface area (Å²) in [6.07, 6.45) is 8.51. The van der Waals surface area contributed by atoms with Gasteiger partial charge < -0.3 is 15.0 Å². The third kappa shape index (κ3) is 3.80. The predicted molar refractivity (Wildman–Crippen MR) is 77.3 cm³/mol. The van der Waals surface area contributed by atoms with Gasteiger partial charge in [0.2, 0.25) is 5.91 Å². The lowest BCUT2D eigenvalue weighted by Gasteiger charge is -2.07. The van der Waals surface area contributed by atoms with Crippen LogP contribution in [0, 0.1) is 0 Å².